The first-order valence-electron chi connectivity index (χ1n) is 9.43. The summed E-state index contributed by atoms with van der Waals surface area (Å²) in [5.41, 5.74) is 6.44. The van der Waals surface area contributed by atoms with Gasteiger partial charge in [-0.1, -0.05) is 20.8 Å². The largest absolute Gasteiger partial charge is 0.456 e. The molecule has 6 nitrogen and oxygen atoms in total. The molecule has 1 aromatic rings. The van der Waals surface area contributed by atoms with Crippen molar-refractivity contribution in [3.8, 4) is 0 Å². The van der Waals surface area contributed by atoms with Crippen LogP contribution in [-0.4, -0.2) is 47.3 Å². The Kier molecular flexibility index (Phi) is 7.05. The lowest BCUT2D eigenvalue weighted by Gasteiger charge is -2.34. The normalized spacial score (nSPS) is 17.9. The lowest BCUT2D eigenvalue weighted by Crippen LogP contribution is -2.45. The molecule has 1 saturated heterocycles. The van der Waals surface area contributed by atoms with Crippen LogP contribution >= 0.6 is 0 Å². The molecule has 25 heavy (non-hydrogen) atoms. The summed E-state index contributed by atoms with van der Waals surface area (Å²) in [6, 6.07) is 1.77. The SMILES string of the molecule is CCc1oc(C(=O)N2CCCC[C@H]2CC(N)=O)cc1CN(CC)CC. The number of carbonyl (C=O) groups is 2. The number of furan rings is 1. The van der Waals surface area contributed by atoms with Gasteiger partial charge < -0.3 is 15.1 Å². The van der Waals surface area contributed by atoms with Gasteiger partial charge in [-0.25, -0.2) is 0 Å². The van der Waals surface area contributed by atoms with E-state index in [2.05, 4.69) is 18.7 Å². The highest BCUT2D eigenvalue weighted by molar-refractivity contribution is 5.92. The van der Waals surface area contributed by atoms with Gasteiger partial charge in [0.25, 0.3) is 5.91 Å². The van der Waals surface area contributed by atoms with Gasteiger partial charge in [-0.3, -0.25) is 14.5 Å². The number of amides is 2. The summed E-state index contributed by atoms with van der Waals surface area (Å²) in [5, 5.41) is 0. The minimum absolute atomic E-state index is 0.111. The van der Waals surface area contributed by atoms with Gasteiger partial charge in [0, 0.05) is 37.5 Å². The first-order chi connectivity index (χ1) is 12.0. The fourth-order valence-corrected chi connectivity index (χ4v) is 3.55. The monoisotopic (exact) mass is 349 g/mol. The van der Waals surface area contributed by atoms with E-state index in [-0.39, 0.29) is 24.3 Å². The van der Waals surface area contributed by atoms with Gasteiger partial charge in [0.2, 0.25) is 5.91 Å². The van der Waals surface area contributed by atoms with Crippen LogP contribution in [0.25, 0.3) is 0 Å². The van der Waals surface area contributed by atoms with E-state index in [9.17, 15) is 9.59 Å². The zero-order chi connectivity index (χ0) is 18.4. The molecule has 2 rings (SSSR count). The van der Waals surface area contributed by atoms with E-state index in [0.717, 1.165) is 56.6 Å². The molecule has 140 valence electrons. The van der Waals surface area contributed by atoms with Crippen LogP contribution in [-0.2, 0) is 17.8 Å². The van der Waals surface area contributed by atoms with E-state index in [4.69, 9.17) is 10.2 Å². The van der Waals surface area contributed by atoms with Gasteiger partial charge in [0.1, 0.15) is 5.76 Å². The van der Waals surface area contributed by atoms with Crippen molar-refractivity contribution in [3.63, 3.8) is 0 Å². The summed E-state index contributed by atoms with van der Waals surface area (Å²) < 4.78 is 5.89. The molecular formula is C19H31N3O3. The summed E-state index contributed by atoms with van der Waals surface area (Å²) >= 11 is 0. The maximum absolute atomic E-state index is 13.0. The molecule has 0 bridgehead atoms. The number of rotatable bonds is 8. The molecule has 0 saturated carbocycles. The number of nitrogens with two attached hydrogens (primary N) is 1. The second-order valence-electron chi connectivity index (χ2n) is 6.69. The molecule has 0 aromatic carbocycles. The number of likely N-dealkylation sites (tertiary alicyclic amines) is 1. The molecule has 0 radical (unpaired) electrons. The zero-order valence-corrected chi connectivity index (χ0v) is 15.7. The summed E-state index contributed by atoms with van der Waals surface area (Å²) in [7, 11) is 0. The van der Waals surface area contributed by atoms with Crippen molar-refractivity contribution >= 4 is 11.8 Å². The number of hydrogen-bond acceptors (Lipinski definition) is 4. The third-order valence-corrected chi connectivity index (χ3v) is 5.04. The predicted molar refractivity (Wildman–Crippen MR) is 97.2 cm³/mol. The molecule has 0 spiro atoms. The molecular weight excluding hydrogens is 318 g/mol. The highest BCUT2D eigenvalue weighted by Gasteiger charge is 2.31. The Hall–Kier alpha value is -1.82. The van der Waals surface area contributed by atoms with Gasteiger partial charge in [0.15, 0.2) is 5.76 Å². The Labute approximate surface area is 150 Å². The Morgan fingerprint density at radius 1 is 1.28 bits per heavy atom. The Morgan fingerprint density at radius 3 is 2.60 bits per heavy atom. The quantitative estimate of drug-likeness (QED) is 0.782. The number of piperidine rings is 1. The van der Waals surface area contributed by atoms with Gasteiger partial charge in [-0.05, 0) is 38.4 Å². The first kappa shape index (κ1) is 19.5. The van der Waals surface area contributed by atoms with E-state index >= 15 is 0 Å². The Morgan fingerprint density at radius 2 is 2.00 bits per heavy atom. The standard InChI is InChI=1S/C19H31N3O3/c1-4-16-14(13-21(5-2)6-3)11-17(25-16)19(24)22-10-8-7-9-15(22)12-18(20)23/h11,15H,4-10,12-13H2,1-3H3,(H2,20,23)/t15-/m0/s1. The van der Waals surface area contributed by atoms with Crippen molar-refractivity contribution in [1.29, 1.82) is 0 Å². The van der Waals surface area contributed by atoms with Crippen LogP contribution in [0.4, 0.5) is 0 Å². The maximum atomic E-state index is 13.0. The van der Waals surface area contributed by atoms with Crippen LogP contribution in [0, 0.1) is 0 Å². The van der Waals surface area contributed by atoms with Crippen LogP contribution in [0.2, 0.25) is 0 Å². The first-order valence-corrected chi connectivity index (χ1v) is 9.43. The van der Waals surface area contributed by atoms with Crippen molar-refractivity contribution < 1.29 is 14.0 Å². The average Bonchev–Trinajstić information content (AvgIpc) is 3.02. The van der Waals surface area contributed by atoms with E-state index < -0.39 is 0 Å². The number of aryl methyl sites for hydroxylation is 1. The Balaban J connectivity index is 2.19. The van der Waals surface area contributed by atoms with E-state index in [0.29, 0.717) is 12.3 Å². The highest BCUT2D eigenvalue weighted by Crippen LogP contribution is 2.25. The molecule has 2 N–H and O–H groups in total. The van der Waals surface area contributed by atoms with E-state index in [1.54, 1.807) is 4.90 Å². The van der Waals surface area contributed by atoms with Crippen molar-refractivity contribution in [2.24, 2.45) is 5.73 Å². The number of hydrogen-bond donors (Lipinski definition) is 1. The second-order valence-corrected chi connectivity index (χ2v) is 6.69. The lowest BCUT2D eigenvalue weighted by atomic mass is 9.98. The fraction of sp³-hybridized carbons (Fsp3) is 0.684. The van der Waals surface area contributed by atoms with Crippen LogP contribution < -0.4 is 5.73 Å². The molecule has 0 unspecified atom stereocenters. The summed E-state index contributed by atoms with van der Waals surface area (Å²) in [6.45, 7) is 9.66. The Bertz CT molecular complexity index is 593. The molecule has 6 heteroatoms. The molecule has 1 atom stereocenters. The number of primary amides is 1. The minimum atomic E-state index is -0.361. The third kappa shape index (κ3) is 4.84. The van der Waals surface area contributed by atoms with Crippen LogP contribution in [0.15, 0.2) is 10.5 Å². The van der Waals surface area contributed by atoms with E-state index in [1.807, 2.05) is 13.0 Å². The highest BCUT2D eigenvalue weighted by atomic mass is 16.4. The van der Waals surface area contributed by atoms with Gasteiger partial charge in [-0.15, -0.1) is 0 Å². The molecule has 1 aliphatic rings. The van der Waals surface area contributed by atoms with Crippen LogP contribution in [0.5, 0.6) is 0 Å². The molecule has 1 fully saturated rings. The van der Waals surface area contributed by atoms with Crippen molar-refractivity contribution in [1.82, 2.24) is 9.80 Å². The van der Waals surface area contributed by atoms with E-state index in [1.165, 1.54) is 0 Å². The number of carbonyl (C=O) groups excluding carboxylic acids is 2. The van der Waals surface area contributed by atoms with Gasteiger partial charge in [0.05, 0.1) is 0 Å². The topological polar surface area (TPSA) is 79.8 Å². The van der Waals surface area contributed by atoms with Gasteiger partial charge in [-0.2, -0.15) is 0 Å². The third-order valence-electron chi connectivity index (χ3n) is 5.04. The van der Waals surface area contributed by atoms with Crippen LogP contribution in [0.3, 0.4) is 0 Å². The van der Waals surface area contributed by atoms with Crippen molar-refractivity contribution in [3.05, 3.63) is 23.2 Å². The molecule has 1 aliphatic heterocycles. The molecule has 0 aliphatic carbocycles. The molecule has 2 amide bonds. The zero-order valence-electron chi connectivity index (χ0n) is 15.7. The summed E-state index contributed by atoms with van der Waals surface area (Å²) in [6.07, 6.45) is 3.78. The summed E-state index contributed by atoms with van der Waals surface area (Å²) in [5.74, 6) is 0.779. The van der Waals surface area contributed by atoms with Crippen molar-refractivity contribution in [2.45, 2.75) is 65.5 Å². The number of nitrogens with zero attached hydrogens (tertiary/aromatic N) is 2. The van der Waals surface area contributed by atoms with Crippen molar-refractivity contribution in [2.75, 3.05) is 19.6 Å². The molecule has 1 aromatic heterocycles. The van der Waals surface area contributed by atoms with Gasteiger partial charge >= 0.3 is 0 Å². The predicted octanol–water partition coefficient (Wildman–Crippen LogP) is 2.55. The smallest absolute Gasteiger partial charge is 0.289 e. The fourth-order valence-electron chi connectivity index (χ4n) is 3.55. The average molecular weight is 349 g/mol. The van der Waals surface area contributed by atoms with Crippen LogP contribution in [0.1, 0.15) is 68.3 Å². The maximum Gasteiger partial charge on any atom is 0.289 e. The lowest BCUT2D eigenvalue weighted by molar-refractivity contribution is -0.119. The summed E-state index contributed by atoms with van der Waals surface area (Å²) in [4.78, 5) is 28.4. The minimum Gasteiger partial charge on any atom is -0.456 e. The second kappa shape index (κ2) is 9.04. The molecule has 2 heterocycles.